The smallest absolute Gasteiger partial charge is 0.166 e. The highest BCUT2D eigenvalue weighted by molar-refractivity contribution is 6.30. The van der Waals surface area contributed by atoms with Crippen LogP contribution in [0.5, 0.6) is 0 Å². The molecular weight excluding hydrogens is 247 g/mol. The maximum Gasteiger partial charge on any atom is 0.166 e. The molecule has 1 rings (SSSR count). The van der Waals surface area contributed by atoms with Gasteiger partial charge in [0.1, 0.15) is 0 Å². The number of hydrogen-bond acceptors (Lipinski definition) is 4. The first-order chi connectivity index (χ1) is 7.94. The van der Waals surface area contributed by atoms with E-state index in [1.165, 1.54) is 12.3 Å². The van der Waals surface area contributed by atoms with Gasteiger partial charge in [0.15, 0.2) is 11.6 Å². The first-order valence-electron chi connectivity index (χ1n) is 5.21. The number of nitrogens with one attached hydrogen (secondary N) is 1. The van der Waals surface area contributed by atoms with E-state index in [0.29, 0.717) is 13.0 Å². The van der Waals surface area contributed by atoms with Gasteiger partial charge in [0.25, 0.3) is 0 Å². The highest BCUT2D eigenvalue weighted by Gasteiger charge is 2.20. The summed E-state index contributed by atoms with van der Waals surface area (Å²) in [5.41, 5.74) is -0.982. The van der Waals surface area contributed by atoms with Crippen LogP contribution >= 0.6 is 11.6 Å². The van der Waals surface area contributed by atoms with Crippen LogP contribution in [-0.4, -0.2) is 36.0 Å². The van der Waals surface area contributed by atoms with Crippen LogP contribution in [0.25, 0.3) is 0 Å². The fourth-order valence-corrected chi connectivity index (χ4v) is 1.37. The van der Waals surface area contributed by atoms with E-state index < -0.39 is 11.4 Å². The third kappa shape index (κ3) is 4.85. The first kappa shape index (κ1) is 14.2. The van der Waals surface area contributed by atoms with Gasteiger partial charge in [-0.2, -0.15) is 0 Å². The van der Waals surface area contributed by atoms with Gasteiger partial charge in [-0.25, -0.2) is 9.37 Å². The minimum Gasteiger partial charge on any atom is -0.388 e. The van der Waals surface area contributed by atoms with Gasteiger partial charge in [-0.1, -0.05) is 11.6 Å². The van der Waals surface area contributed by atoms with Crippen LogP contribution in [0.1, 0.15) is 13.3 Å². The number of aliphatic hydroxyl groups is 1. The molecule has 0 bridgehead atoms. The summed E-state index contributed by atoms with van der Waals surface area (Å²) in [6.07, 6.45) is 1.79. The van der Waals surface area contributed by atoms with Crippen molar-refractivity contribution in [3.05, 3.63) is 23.1 Å². The van der Waals surface area contributed by atoms with Crippen LogP contribution in [0.4, 0.5) is 10.2 Å². The third-order valence-electron chi connectivity index (χ3n) is 2.29. The lowest BCUT2D eigenvalue weighted by atomic mass is 10.0. The summed E-state index contributed by atoms with van der Waals surface area (Å²) in [4.78, 5) is 3.80. The fourth-order valence-electron chi connectivity index (χ4n) is 1.23. The number of ether oxygens (including phenoxy) is 1. The molecular formula is C11H16ClFN2O2. The molecule has 0 amide bonds. The minimum atomic E-state index is -0.982. The molecule has 1 aromatic rings. The zero-order valence-electron chi connectivity index (χ0n) is 9.83. The number of aromatic nitrogens is 1. The molecule has 0 radical (unpaired) electrons. The van der Waals surface area contributed by atoms with Crippen molar-refractivity contribution < 1.29 is 14.2 Å². The molecule has 6 heteroatoms. The van der Waals surface area contributed by atoms with Crippen LogP contribution in [0.2, 0.25) is 5.02 Å². The Morgan fingerprint density at radius 3 is 2.94 bits per heavy atom. The fraction of sp³-hybridized carbons (Fsp3) is 0.545. The van der Waals surface area contributed by atoms with Crippen LogP contribution in [-0.2, 0) is 4.74 Å². The lowest BCUT2D eigenvalue weighted by Crippen LogP contribution is -2.35. The summed E-state index contributed by atoms with van der Waals surface area (Å²) in [5, 5.41) is 12.9. The second-order valence-corrected chi connectivity index (χ2v) is 4.51. The monoisotopic (exact) mass is 262 g/mol. The van der Waals surface area contributed by atoms with Gasteiger partial charge in [-0.15, -0.1) is 0 Å². The normalized spacial score (nSPS) is 14.4. The van der Waals surface area contributed by atoms with E-state index in [4.69, 9.17) is 16.3 Å². The van der Waals surface area contributed by atoms with Crippen molar-refractivity contribution >= 4 is 17.4 Å². The number of methoxy groups -OCH3 is 1. The Labute approximate surface area is 105 Å². The Morgan fingerprint density at radius 2 is 2.35 bits per heavy atom. The SMILES string of the molecule is COCCC(C)(O)CNc1ncc(Cl)cc1F. The molecule has 4 nitrogen and oxygen atoms in total. The van der Waals surface area contributed by atoms with E-state index in [1.807, 2.05) is 0 Å². The number of nitrogens with zero attached hydrogens (tertiary/aromatic N) is 1. The standard InChI is InChI=1S/C11H16ClFN2O2/c1-11(16,3-4-17-2)7-15-10-9(13)5-8(12)6-14-10/h5-6,16H,3-4,7H2,1-2H3,(H,14,15). The molecule has 1 aromatic heterocycles. The maximum absolute atomic E-state index is 13.4. The molecule has 2 N–H and O–H groups in total. The van der Waals surface area contributed by atoms with Crippen LogP contribution in [0.3, 0.4) is 0 Å². The van der Waals surface area contributed by atoms with Crippen molar-refractivity contribution in [3.63, 3.8) is 0 Å². The Kier molecular flexibility index (Phi) is 5.11. The lowest BCUT2D eigenvalue weighted by molar-refractivity contribution is 0.0356. The van der Waals surface area contributed by atoms with E-state index in [2.05, 4.69) is 10.3 Å². The predicted molar refractivity (Wildman–Crippen MR) is 64.8 cm³/mol. The largest absolute Gasteiger partial charge is 0.388 e. The number of hydrogen-bond donors (Lipinski definition) is 2. The topological polar surface area (TPSA) is 54.4 Å². The molecule has 96 valence electrons. The van der Waals surface area contributed by atoms with Crippen LogP contribution in [0, 0.1) is 5.82 Å². The van der Waals surface area contributed by atoms with Crippen LogP contribution < -0.4 is 5.32 Å². The summed E-state index contributed by atoms with van der Waals surface area (Å²) in [5.74, 6) is -0.466. The first-order valence-corrected chi connectivity index (χ1v) is 5.58. The number of rotatable bonds is 6. The van der Waals surface area contributed by atoms with Crippen molar-refractivity contribution in [3.8, 4) is 0 Å². The summed E-state index contributed by atoms with van der Waals surface area (Å²) >= 11 is 5.58. The van der Waals surface area contributed by atoms with Gasteiger partial charge >= 0.3 is 0 Å². The molecule has 1 heterocycles. The van der Waals surface area contributed by atoms with Crippen molar-refractivity contribution in [2.75, 3.05) is 25.6 Å². The molecule has 0 fully saturated rings. The predicted octanol–water partition coefficient (Wildman–Crippen LogP) is 2.07. The van der Waals surface area contributed by atoms with Crippen molar-refractivity contribution in [2.45, 2.75) is 18.9 Å². The van der Waals surface area contributed by atoms with Crippen molar-refractivity contribution in [1.82, 2.24) is 4.98 Å². The molecule has 0 aliphatic carbocycles. The van der Waals surface area contributed by atoms with Gasteiger partial charge < -0.3 is 15.2 Å². The maximum atomic E-state index is 13.4. The molecule has 1 atom stereocenters. The molecule has 0 aromatic carbocycles. The number of pyridine rings is 1. The molecule has 0 aliphatic heterocycles. The number of halogens is 2. The molecule has 0 saturated heterocycles. The molecule has 0 aliphatic rings. The van der Waals surface area contributed by atoms with Gasteiger partial charge in [-0.3, -0.25) is 0 Å². The Morgan fingerprint density at radius 1 is 1.65 bits per heavy atom. The van der Waals surface area contributed by atoms with E-state index in [-0.39, 0.29) is 17.4 Å². The van der Waals surface area contributed by atoms with E-state index in [0.717, 1.165) is 0 Å². The minimum absolute atomic E-state index is 0.0760. The van der Waals surface area contributed by atoms with Gasteiger partial charge in [-0.05, 0) is 13.0 Å². The van der Waals surface area contributed by atoms with Gasteiger partial charge in [0, 0.05) is 32.9 Å². The highest BCUT2D eigenvalue weighted by atomic mass is 35.5. The summed E-state index contributed by atoms with van der Waals surface area (Å²) in [7, 11) is 1.56. The van der Waals surface area contributed by atoms with Crippen molar-refractivity contribution in [2.24, 2.45) is 0 Å². The Balaban J connectivity index is 2.54. The summed E-state index contributed by atoms with van der Waals surface area (Å²) < 4.78 is 18.2. The lowest BCUT2D eigenvalue weighted by Gasteiger charge is -2.23. The quantitative estimate of drug-likeness (QED) is 0.824. The zero-order chi connectivity index (χ0) is 12.9. The average molecular weight is 263 g/mol. The summed E-state index contributed by atoms with van der Waals surface area (Å²) in [6.45, 7) is 2.26. The molecule has 0 spiro atoms. The van der Waals surface area contributed by atoms with E-state index in [9.17, 15) is 9.50 Å². The Hall–Kier alpha value is -0.910. The van der Waals surface area contributed by atoms with E-state index in [1.54, 1.807) is 14.0 Å². The van der Waals surface area contributed by atoms with Gasteiger partial charge in [0.05, 0.1) is 10.6 Å². The highest BCUT2D eigenvalue weighted by Crippen LogP contribution is 2.17. The number of anilines is 1. The summed E-state index contributed by atoms with van der Waals surface area (Å²) in [6, 6.07) is 1.17. The average Bonchev–Trinajstić information content (AvgIpc) is 2.25. The third-order valence-corrected chi connectivity index (χ3v) is 2.50. The molecule has 1 unspecified atom stereocenters. The second-order valence-electron chi connectivity index (χ2n) is 4.08. The van der Waals surface area contributed by atoms with Crippen molar-refractivity contribution in [1.29, 1.82) is 0 Å². The molecule has 17 heavy (non-hydrogen) atoms. The molecule has 0 saturated carbocycles. The second kappa shape index (κ2) is 6.14. The van der Waals surface area contributed by atoms with Crippen LogP contribution in [0.15, 0.2) is 12.3 Å². The Bertz CT molecular complexity index is 374. The van der Waals surface area contributed by atoms with Gasteiger partial charge in [0.2, 0.25) is 0 Å². The zero-order valence-corrected chi connectivity index (χ0v) is 10.6. The van der Waals surface area contributed by atoms with E-state index >= 15 is 0 Å².